The van der Waals surface area contributed by atoms with Crippen molar-refractivity contribution in [2.24, 2.45) is 7.05 Å². The van der Waals surface area contributed by atoms with E-state index >= 15 is 0 Å². The van der Waals surface area contributed by atoms with Gasteiger partial charge in [0.25, 0.3) is 5.56 Å². The highest BCUT2D eigenvalue weighted by atomic mass is 16.5. The number of rotatable bonds is 4. The van der Waals surface area contributed by atoms with Gasteiger partial charge in [-0.1, -0.05) is 36.4 Å². The van der Waals surface area contributed by atoms with Crippen LogP contribution in [-0.4, -0.2) is 21.9 Å². The molecule has 2 aromatic carbocycles. The number of benzene rings is 2. The summed E-state index contributed by atoms with van der Waals surface area (Å²) in [6.07, 6.45) is 0.642. The predicted molar refractivity (Wildman–Crippen MR) is 91.8 cm³/mol. The minimum absolute atomic E-state index is 0.00954. The van der Waals surface area contributed by atoms with Gasteiger partial charge in [0.2, 0.25) is 0 Å². The topological polar surface area (TPSA) is 85.6 Å². The number of carbonyl (C=O) groups excluding carboxylic acids is 2. The summed E-state index contributed by atoms with van der Waals surface area (Å²) in [5.74, 6) is -1.35. The number of nitrogens with zero attached hydrogens (tertiary/aromatic N) is 1. The molecular weight excluding hydrogens is 322 g/mol. The number of aryl methyl sites for hydroxylation is 1. The summed E-state index contributed by atoms with van der Waals surface area (Å²) in [6, 6.07) is 13.5. The van der Waals surface area contributed by atoms with Crippen LogP contribution in [0.4, 0.5) is 0 Å². The van der Waals surface area contributed by atoms with Crippen LogP contribution in [0.1, 0.15) is 26.3 Å². The first-order valence-electron chi connectivity index (χ1n) is 7.55. The van der Waals surface area contributed by atoms with Gasteiger partial charge in [0.05, 0.1) is 5.52 Å². The van der Waals surface area contributed by atoms with E-state index in [2.05, 4.69) is 0 Å². The Morgan fingerprint density at radius 1 is 1.20 bits per heavy atom. The maximum absolute atomic E-state index is 12.5. The molecule has 0 saturated carbocycles. The molecule has 0 saturated heterocycles. The van der Waals surface area contributed by atoms with E-state index in [1.165, 1.54) is 29.8 Å². The molecule has 0 amide bonds. The number of carbonyl (C=O) groups is 2. The fourth-order valence-corrected chi connectivity index (χ4v) is 2.59. The second-order valence-electron chi connectivity index (χ2n) is 5.54. The molecule has 0 unspecified atom stereocenters. The standard InChI is InChI=1S/C19H15NO5/c1-20-15-9-13(10-21)7-8-14(15)17(22)16(18(20)23)19(24)25-11-12-5-3-2-4-6-12/h2-10,22H,11H2,1H3. The average Bonchev–Trinajstić information content (AvgIpc) is 2.65. The van der Waals surface area contributed by atoms with Crippen LogP contribution in [0.3, 0.4) is 0 Å². The Morgan fingerprint density at radius 2 is 1.92 bits per heavy atom. The number of fused-ring (bicyclic) bond motifs is 1. The summed E-state index contributed by atoms with van der Waals surface area (Å²) in [7, 11) is 1.46. The molecule has 0 atom stereocenters. The summed E-state index contributed by atoms with van der Waals surface area (Å²) in [5, 5.41) is 10.7. The fraction of sp³-hybridized carbons (Fsp3) is 0.105. The first-order valence-corrected chi connectivity index (χ1v) is 7.55. The number of hydrogen-bond donors (Lipinski definition) is 1. The molecule has 0 spiro atoms. The van der Waals surface area contributed by atoms with E-state index in [0.29, 0.717) is 22.8 Å². The molecule has 0 aliphatic rings. The van der Waals surface area contributed by atoms with Crippen LogP contribution in [0.2, 0.25) is 0 Å². The maximum atomic E-state index is 12.5. The molecule has 0 aliphatic heterocycles. The lowest BCUT2D eigenvalue weighted by Gasteiger charge is -2.12. The Balaban J connectivity index is 2.02. The van der Waals surface area contributed by atoms with E-state index in [9.17, 15) is 19.5 Å². The summed E-state index contributed by atoms with van der Waals surface area (Å²) in [6.45, 7) is -0.00954. The molecule has 0 aliphatic carbocycles. The molecule has 0 bridgehead atoms. The number of aromatic hydroxyl groups is 1. The largest absolute Gasteiger partial charge is 0.506 e. The minimum atomic E-state index is -0.900. The number of aldehydes is 1. The Bertz CT molecular complexity index is 1020. The highest BCUT2D eigenvalue weighted by Crippen LogP contribution is 2.27. The first-order chi connectivity index (χ1) is 12.0. The van der Waals surface area contributed by atoms with E-state index < -0.39 is 22.8 Å². The monoisotopic (exact) mass is 337 g/mol. The molecular formula is C19H15NO5. The minimum Gasteiger partial charge on any atom is -0.506 e. The second-order valence-corrected chi connectivity index (χ2v) is 5.54. The van der Waals surface area contributed by atoms with E-state index in [1.54, 1.807) is 24.3 Å². The zero-order valence-electron chi connectivity index (χ0n) is 13.4. The van der Waals surface area contributed by atoms with E-state index in [1.807, 2.05) is 6.07 Å². The zero-order chi connectivity index (χ0) is 18.0. The predicted octanol–water partition coefficient (Wildman–Crippen LogP) is 2.41. The molecule has 6 heteroatoms. The van der Waals surface area contributed by atoms with Crippen LogP contribution in [-0.2, 0) is 18.4 Å². The molecule has 0 fully saturated rings. The Labute approximate surface area is 142 Å². The molecule has 1 heterocycles. The first kappa shape index (κ1) is 16.4. The highest BCUT2D eigenvalue weighted by molar-refractivity contribution is 6.00. The molecule has 25 heavy (non-hydrogen) atoms. The van der Waals surface area contributed by atoms with Gasteiger partial charge < -0.3 is 14.4 Å². The number of hydrogen-bond acceptors (Lipinski definition) is 5. The van der Waals surface area contributed by atoms with Crippen molar-refractivity contribution in [3.63, 3.8) is 0 Å². The molecule has 1 N–H and O–H groups in total. The van der Waals surface area contributed by atoms with E-state index in [-0.39, 0.29) is 6.61 Å². The van der Waals surface area contributed by atoms with Crippen LogP contribution in [0.15, 0.2) is 53.3 Å². The van der Waals surface area contributed by atoms with Gasteiger partial charge in [-0.3, -0.25) is 9.59 Å². The van der Waals surface area contributed by atoms with E-state index in [4.69, 9.17) is 4.74 Å². The third-order valence-electron chi connectivity index (χ3n) is 3.95. The average molecular weight is 337 g/mol. The van der Waals surface area contributed by atoms with Gasteiger partial charge in [0.1, 0.15) is 18.6 Å². The summed E-state index contributed by atoms with van der Waals surface area (Å²) < 4.78 is 6.37. The van der Waals surface area contributed by atoms with Gasteiger partial charge in [0, 0.05) is 18.0 Å². The van der Waals surface area contributed by atoms with Crippen LogP contribution in [0, 0.1) is 0 Å². The van der Waals surface area contributed by atoms with Gasteiger partial charge >= 0.3 is 5.97 Å². The van der Waals surface area contributed by atoms with Crippen LogP contribution >= 0.6 is 0 Å². The Hall–Kier alpha value is -3.41. The van der Waals surface area contributed by atoms with E-state index in [0.717, 1.165) is 5.56 Å². The molecule has 6 nitrogen and oxygen atoms in total. The normalized spacial score (nSPS) is 10.6. The van der Waals surface area contributed by atoms with Crippen LogP contribution in [0.25, 0.3) is 10.9 Å². The number of ether oxygens (including phenoxy) is 1. The summed E-state index contributed by atoms with van der Waals surface area (Å²) >= 11 is 0. The van der Waals surface area contributed by atoms with Crippen molar-refractivity contribution < 1.29 is 19.4 Å². The van der Waals surface area contributed by atoms with Crippen molar-refractivity contribution in [3.8, 4) is 5.75 Å². The van der Waals surface area contributed by atoms with Crippen molar-refractivity contribution >= 4 is 23.2 Å². The van der Waals surface area contributed by atoms with Gasteiger partial charge in [-0.25, -0.2) is 4.79 Å². The SMILES string of the molecule is Cn1c(=O)c(C(=O)OCc2ccccc2)c(O)c2ccc(C=O)cc21. The Kier molecular flexibility index (Phi) is 4.35. The lowest BCUT2D eigenvalue weighted by Crippen LogP contribution is -2.26. The van der Waals surface area contributed by atoms with Crippen LogP contribution < -0.4 is 5.56 Å². The van der Waals surface area contributed by atoms with Crippen LogP contribution in [0.5, 0.6) is 5.75 Å². The fourth-order valence-electron chi connectivity index (χ4n) is 2.59. The molecule has 3 aromatic rings. The zero-order valence-corrected chi connectivity index (χ0v) is 13.4. The summed E-state index contributed by atoms with van der Waals surface area (Å²) in [5.41, 5.74) is 0.368. The Morgan fingerprint density at radius 3 is 2.60 bits per heavy atom. The molecule has 1 aromatic heterocycles. The van der Waals surface area contributed by atoms with Gasteiger partial charge in [-0.15, -0.1) is 0 Å². The molecule has 126 valence electrons. The second kappa shape index (κ2) is 6.60. The van der Waals surface area contributed by atoms with Crippen molar-refractivity contribution in [3.05, 3.63) is 75.6 Å². The quantitative estimate of drug-likeness (QED) is 0.584. The summed E-state index contributed by atoms with van der Waals surface area (Å²) in [4.78, 5) is 35.7. The van der Waals surface area contributed by atoms with Crippen molar-refractivity contribution in [2.75, 3.05) is 0 Å². The maximum Gasteiger partial charge on any atom is 0.347 e. The molecule has 3 rings (SSSR count). The van der Waals surface area contributed by atoms with Crippen molar-refractivity contribution in [2.45, 2.75) is 6.61 Å². The van der Waals surface area contributed by atoms with Gasteiger partial charge in [-0.05, 0) is 17.7 Å². The lowest BCUT2D eigenvalue weighted by atomic mass is 10.1. The number of esters is 1. The number of pyridine rings is 1. The smallest absolute Gasteiger partial charge is 0.347 e. The van der Waals surface area contributed by atoms with Crippen molar-refractivity contribution in [1.29, 1.82) is 0 Å². The molecule has 0 radical (unpaired) electrons. The lowest BCUT2D eigenvalue weighted by molar-refractivity contribution is 0.0467. The third kappa shape index (κ3) is 3.01. The number of aromatic nitrogens is 1. The highest BCUT2D eigenvalue weighted by Gasteiger charge is 2.22. The van der Waals surface area contributed by atoms with Gasteiger partial charge in [0.15, 0.2) is 5.56 Å². The van der Waals surface area contributed by atoms with Gasteiger partial charge in [-0.2, -0.15) is 0 Å². The third-order valence-corrected chi connectivity index (χ3v) is 3.95. The van der Waals surface area contributed by atoms with Crippen molar-refractivity contribution in [1.82, 2.24) is 4.57 Å².